The minimum atomic E-state index is 0.699. The van der Waals surface area contributed by atoms with Gasteiger partial charge in [-0.05, 0) is 49.7 Å². The van der Waals surface area contributed by atoms with Crippen LogP contribution >= 0.6 is 15.9 Å². The lowest BCUT2D eigenvalue weighted by Crippen LogP contribution is -2.20. The molecule has 0 radical (unpaired) electrons. The van der Waals surface area contributed by atoms with Crippen LogP contribution in [0, 0.1) is 5.92 Å². The van der Waals surface area contributed by atoms with Crippen LogP contribution in [0.15, 0.2) is 22.7 Å². The van der Waals surface area contributed by atoms with Gasteiger partial charge in [0.05, 0.1) is 0 Å². The van der Waals surface area contributed by atoms with Crippen LogP contribution in [0.25, 0.3) is 0 Å². The number of rotatable bonds is 8. The third kappa shape index (κ3) is 6.55. The van der Waals surface area contributed by atoms with Gasteiger partial charge in [-0.15, -0.1) is 0 Å². The Labute approximate surface area is 126 Å². The Balaban J connectivity index is 2.54. The molecule has 0 aliphatic heterocycles. The van der Waals surface area contributed by atoms with Gasteiger partial charge in [-0.2, -0.15) is 0 Å². The van der Waals surface area contributed by atoms with Gasteiger partial charge in [0, 0.05) is 17.6 Å². The molecule has 0 aliphatic carbocycles. The van der Waals surface area contributed by atoms with E-state index in [4.69, 9.17) is 0 Å². The average Bonchev–Trinajstić information content (AvgIpc) is 2.32. The monoisotopic (exact) mass is 326 g/mol. The SMILES string of the molecule is CCCN(C)Cc1ccc(CNCC(C)C)cc1Br. The zero-order valence-electron chi connectivity index (χ0n) is 12.7. The maximum Gasteiger partial charge on any atom is 0.0241 e. The standard InChI is InChI=1S/C16H27BrN2/c1-5-8-19(4)12-15-7-6-14(9-16(15)17)11-18-10-13(2)3/h6-7,9,13,18H,5,8,10-12H2,1-4H3. The number of halogens is 1. The summed E-state index contributed by atoms with van der Waals surface area (Å²) in [7, 11) is 2.17. The highest BCUT2D eigenvalue weighted by molar-refractivity contribution is 9.10. The van der Waals surface area contributed by atoms with E-state index < -0.39 is 0 Å². The van der Waals surface area contributed by atoms with E-state index in [1.165, 1.54) is 22.0 Å². The van der Waals surface area contributed by atoms with Gasteiger partial charge >= 0.3 is 0 Å². The van der Waals surface area contributed by atoms with Crippen LogP contribution in [-0.2, 0) is 13.1 Å². The van der Waals surface area contributed by atoms with Gasteiger partial charge in [-0.3, -0.25) is 0 Å². The van der Waals surface area contributed by atoms with E-state index in [1.807, 2.05) is 0 Å². The van der Waals surface area contributed by atoms with Gasteiger partial charge in [-0.1, -0.05) is 48.8 Å². The minimum absolute atomic E-state index is 0.699. The van der Waals surface area contributed by atoms with Gasteiger partial charge < -0.3 is 10.2 Å². The molecule has 1 aromatic rings. The molecule has 0 unspecified atom stereocenters. The third-order valence-corrected chi connectivity index (χ3v) is 3.78. The fourth-order valence-electron chi connectivity index (χ4n) is 2.09. The Hall–Kier alpha value is -0.380. The first kappa shape index (κ1) is 16.7. The van der Waals surface area contributed by atoms with Crippen LogP contribution in [-0.4, -0.2) is 25.0 Å². The molecule has 0 spiro atoms. The third-order valence-electron chi connectivity index (χ3n) is 3.04. The molecule has 1 rings (SSSR count). The molecule has 0 saturated heterocycles. The number of hydrogen-bond donors (Lipinski definition) is 1. The molecule has 1 aromatic carbocycles. The largest absolute Gasteiger partial charge is 0.312 e. The summed E-state index contributed by atoms with van der Waals surface area (Å²) < 4.78 is 1.22. The normalized spacial score (nSPS) is 11.5. The zero-order valence-corrected chi connectivity index (χ0v) is 14.3. The first-order valence-corrected chi connectivity index (χ1v) is 7.98. The number of nitrogens with one attached hydrogen (secondary N) is 1. The van der Waals surface area contributed by atoms with Crippen molar-refractivity contribution in [2.45, 2.75) is 40.3 Å². The predicted molar refractivity (Wildman–Crippen MR) is 87.3 cm³/mol. The highest BCUT2D eigenvalue weighted by atomic mass is 79.9. The van der Waals surface area contributed by atoms with E-state index in [0.717, 1.165) is 26.2 Å². The Morgan fingerprint density at radius 1 is 1.32 bits per heavy atom. The van der Waals surface area contributed by atoms with Crippen molar-refractivity contribution in [1.29, 1.82) is 0 Å². The quantitative estimate of drug-likeness (QED) is 0.775. The highest BCUT2D eigenvalue weighted by Crippen LogP contribution is 2.20. The lowest BCUT2D eigenvalue weighted by molar-refractivity contribution is 0.327. The topological polar surface area (TPSA) is 15.3 Å². The summed E-state index contributed by atoms with van der Waals surface area (Å²) in [5, 5.41) is 3.48. The molecule has 0 atom stereocenters. The molecule has 0 aromatic heterocycles. The summed E-state index contributed by atoms with van der Waals surface area (Å²) in [6, 6.07) is 6.71. The molecule has 0 amide bonds. The molecule has 0 saturated carbocycles. The van der Waals surface area contributed by atoms with E-state index in [-0.39, 0.29) is 0 Å². The summed E-state index contributed by atoms with van der Waals surface area (Å²) in [5.74, 6) is 0.699. The van der Waals surface area contributed by atoms with Crippen LogP contribution < -0.4 is 5.32 Å². The molecule has 0 heterocycles. The van der Waals surface area contributed by atoms with Gasteiger partial charge in [-0.25, -0.2) is 0 Å². The molecule has 1 N–H and O–H groups in total. The molecule has 108 valence electrons. The number of nitrogens with zero attached hydrogens (tertiary/aromatic N) is 1. The van der Waals surface area contributed by atoms with Gasteiger partial charge in [0.2, 0.25) is 0 Å². The maximum atomic E-state index is 3.69. The van der Waals surface area contributed by atoms with Crippen molar-refractivity contribution in [3.63, 3.8) is 0 Å². The lowest BCUT2D eigenvalue weighted by atomic mass is 10.1. The van der Waals surface area contributed by atoms with Crippen molar-refractivity contribution in [2.24, 2.45) is 5.92 Å². The van der Waals surface area contributed by atoms with Crippen molar-refractivity contribution in [1.82, 2.24) is 10.2 Å². The highest BCUT2D eigenvalue weighted by Gasteiger charge is 2.05. The van der Waals surface area contributed by atoms with Crippen LogP contribution in [0.5, 0.6) is 0 Å². The molecular formula is C16H27BrN2. The predicted octanol–water partition coefficient (Wildman–Crippen LogP) is 4.04. The van der Waals surface area contributed by atoms with Crippen LogP contribution in [0.2, 0.25) is 0 Å². The smallest absolute Gasteiger partial charge is 0.0241 e. The summed E-state index contributed by atoms with van der Waals surface area (Å²) in [6.07, 6.45) is 1.20. The van der Waals surface area contributed by atoms with Crippen LogP contribution in [0.4, 0.5) is 0 Å². The molecular weight excluding hydrogens is 300 g/mol. The first-order valence-electron chi connectivity index (χ1n) is 7.19. The van der Waals surface area contributed by atoms with Crippen molar-refractivity contribution in [3.05, 3.63) is 33.8 Å². The second-order valence-electron chi connectivity index (χ2n) is 5.69. The van der Waals surface area contributed by atoms with Gasteiger partial charge in [0.1, 0.15) is 0 Å². The lowest BCUT2D eigenvalue weighted by Gasteiger charge is -2.17. The maximum absolute atomic E-state index is 3.69. The summed E-state index contributed by atoms with van der Waals surface area (Å²) >= 11 is 3.69. The Kier molecular flexibility index (Phi) is 7.66. The summed E-state index contributed by atoms with van der Waals surface area (Å²) in [5.41, 5.74) is 2.71. The second kappa shape index (κ2) is 8.72. The molecule has 0 bridgehead atoms. The van der Waals surface area contributed by atoms with E-state index in [1.54, 1.807) is 0 Å². The van der Waals surface area contributed by atoms with E-state index in [2.05, 4.69) is 72.2 Å². The van der Waals surface area contributed by atoms with Crippen LogP contribution in [0.1, 0.15) is 38.3 Å². The zero-order chi connectivity index (χ0) is 14.3. The minimum Gasteiger partial charge on any atom is -0.312 e. The summed E-state index contributed by atoms with van der Waals surface area (Å²) in [6.45, 7) is 10.8. The molecule has 3 heteroatoms. The number of hydrogen-bond acceptors (Lipinski definition) is 2. The fraction of sp³-hybridized carbons (Fsp3) is 0.625. The number of benzene rings is 1. The van der Waals surface area contributed by atoms with E-state index in [9.17, 15) is 0 Å². The molecule has 2 nitrogen and oxygen atoms in total. The van der Waals surface area contributed by atoms with E-state index in [0.29, 0.717) is 5.92 Å². The Morgan fingerprint density at radius 2 is 2.05 bits per heavy atom. The average molecular weight is 327 g/mol. The van der Waals surface area contributed by atoms with E-state index >= 15 is 0 Å². The van der Waals surface area contributed by atoms with Crippen LogP contribution in [0.3, 0.4) is 0 Å². The van der Waals surface area contributed by atoms with Crippen molar-refractivity contribution < 1.29 is 0 Å². The first-order chi connectivity index (χ1) is 9.02. The molecule has 19 heavy (non-hydrogen) atoms. The van der Waals surface area contributed by atoms with Crippen molar-refractivity contribution in [3.8, 4) is 0 Å². The molecule has 0 aliphatic rings. The molecule has 0 fully saturated rings. The fourth-order valence-corrected chi connectivity index (χ4v) is 2.64. The van der Waals surface area contributed by atoms with Gasteiger partial charge in [0.15, 0.2) is 0 Å². The van der Waals surface area contributed by atoms with Crippen molar-refractivity contribution >= 4 is 15.9 Å². The van der Waals surface area contributed by atoms with Gasteiger partial charge in [0.25, 0.3) is 0 Å². The van der Waals surface area contributed by atoms with Crippen molar-refractivity contribution in [2.75, 3.05) is 20.1 Å². The summed E-state index contributed by atoms with van der Waals surface area (Å²) in [4.78, 5) is 2.36. The Bertz CT molecular complexity index is 377. The second-order valence-corrected chi connectivity index (χ2v) is 6.54. The Morgan fingerprint density at radius 3 is 2.63 bits per heavy atom.